The van der Waals surface area contributed by atoms with Crippen LogP contribution in [0.2, 0.25) is 0 Å². The molecule has 130 valence electrons. The number of anilines is 1. The summed E-state index contributed by atoms with van der Waals surface area (Å²) in [6, 6.07) is 7.29. The van der Waals surface area contributed by atoms with Gasteiger partial charge in [-0.1, -0.05) is 6.07 Å². The first-order valence-electron chi connectivity index (χ1n) is 8.10. The minimum Gasteiger partial charge on any atom is -0.445 e. The van der Waals surface area contributed by atoms with Crippen molar-refractivity contribution in [3.8, 4) is 11.5 Å². The molecule has 3 aromatic rings. The third-order valence-corrected chi connectivity index (χ3v) is 3.81. The van der Waals surface area contributed by atoms with Crippen LogP contribution in [0, 0.1) is 13.8 Å². The molecule has 0 bridgehead atoms. The predicted molar refractivity (Wildman–Crippen MR) is 95.3 cm³/mol. The third kappa shape index (κ3) is 4.26. The van der Waals surface area contributed by atoms with E-state index < -0.39 is 0 Å². The van der Waals surface area contributed by atoms with E-state index in [1.807, 2.05) is 45.0 Å². The summed E-state index contributed by atoms with van der Waals surface area (Å²) in [5.41, 5.74) is 4.48. The smallest absolute Gasteiger partial charge is 0.319 e. The van der Waals surface area contributed by atoms with Crippen LogP contribution in [-0.4, -0.2) is 27.3 Å². The van der Waals surface area contributed by atoms with E-state index in [0.717, 1.165) is 22.5 Å². The summed E-state index contributed by atoms with van der Waals surface area (Å²) in [4.78, 5) is 16.4. The molecule has 0 unspecified atom stereocenters. The molecule has 3 rings (SSSR count). The minimum absolute atomic E-state index is 0.0423. The first-order valence-corrected chi connectivity index (χ1v) is 8.10. The Morgan fingerprint density at radius 3 is 2.84 bits per heavy atom. The number of carbonyl (C=O) groups is 1. The van der Waals surface area contributed by atoms with E-state index >= 15 is 0 Å². The van der Waals surface area contributed by atoms with Gasteiger partial charge in [0, 0.05) is 29.4 Å². The summed E-state index contributed by atoms with van der Waals surface area (Å²) < 4.78 is 5.34. The number of oxazole rings is 1. The maximum Gasteiger partial charge on any atom is 0.319 e. The van der Waals surface area contributed by atoms with Gasteiger partial charge in [0.1, 0.15) is 6.26 Å². The highest BCUT2D eigenvalue weighted by Crippen LogP contribution is 2.25. The minimum atomic E-state index is -0.262. The van der Waals surface area contributed by atoms with Crippen LogP contribution in [0.25, 0.3) is 11.5 Å². The Kier molecular flexibility index (Phi) is 4.83. The number of H-pyrrole nitrogens is 1. The Morgan fingerprint density at radius 1 is 1.32 bits per heavy atom. The van der Waals surface area contributed by atoms with Gasteiger partial charge in [0.05, 0.1) is 11.9 Å². The van der Waals surface area contributed by atoms with Gasteiger partial charge in [-0.05, 0) is 44.5 Å². The Balaban J connectivity index is 1.62. The molecule has 0 radical (unpaired) electrons. The largest absolute Gasteiger partial charge is 0.445 e. The molecule has 0 aliphatic heterocycles. The highest BCUT2D eigenvalue weighted by atomic mass is 16.3. The van der Waals surface area contributed by atoms with Crippen molar-refractivity contribution >= 4 is 11.7 Å². The SMILES string of the molecule is Cc1cc(C[C@H](C)NC(=O)Nc2ccc(C)c(-c3ncco3)c2)n[nH]1. The van der Waals surface area contributed by atoms with Crippen LogP contribution >= 0.6 is 0 Å². The van der Waals surface area contributed by atoms with Crippen LogP contribution in [0.5, 0.6) is 0 Å². The van der Waals surface area contributed by atoms with Gasteiger partial charge in [-0.25, -0.2) is 9.78 Å². The number of aryl methyl sites for hydroxylation is 2. The maximum atomic E-state index is 12.2. The molecular formula is C18H21N5O2. The fraction of sp³-hybridized carbons (Fsp3) is 0.278. The Labute approximate surface area is 145 Å². The number of nitrogens with zero attached hydrogens (tertiary/aromatic N) is 2. The fourth-order valence-corrected chi connectivity index (χ4v) is 2.62. The molecule has 0 saturated carbocycles. The topological polar surface area (TPSA) is 95.8 Å². The van der Waals surface area contributed by atoms with Crippen molar-refractivity contribution in [2.75, 3.05) is 5.32 Å². The first-order chi connectivity index (χ1) is 12.0. The quantitative estimate of drug-likeness (QED) is 0.663. The average Bonchev–Trinajstić information content (AvgIpc) is 3.21. The maximum absolute atomic E-state index is 12.2. The molecular weight excluding hydrogens is 318 g/mol. The van der Waals surface area contributed by atoms with Crippen LogP contribution in [0.1, 0.15) is 23.9 Å². The van der Waals surface area contributed by atoms with E-state index in [1.165, 1.54) is 6.26 Å². The molecule has 0 spiro atoms. The van der Waals surface area contributed by atoms with Gasteiger partial charge in [0.15, 0.2) is 0 Å². The Morgan fingerprint density at radius 2 is 2.16 bits per heavy atom. The standard InChI is InChI=1S/C18H21N5O2/c1-11-4-5-14(10-16(11)17-19-6-7-25-17)21-18(24)20-12(2)8-15-9-13(3)22-23-15/h4-7,9-10,12H,8H2,1-3H3,(H,22,23)(H2,20,21,24)/t12-/m0/s1. The van der Waals surface area contributed by atoms with Gasteiger partial charge < -0.3 is 15.1 Å². The number of carbonyl (C=O) groups excluding carboxylic acids is 1. The summed E-state index contributed by atoms with van der Waals surface area (Å²) in [7, 11) is 0. The Bertz CT molecular complexity index is 854. The zero-order valence-corrected chi connectivity index (χ0v) is 14.5. The van der Waals surface area contributed by atoms with E-state index in [0.29, 0.717) is 18.0 Å². The van der Waals surface area contributed by atoms with Crippen molar-refractivity contribution in [1.82, 2.24) is 20.5 Å². The van der Waals surface area contributed by atoms with Gasteiger partial charge in [-0.15, -0.1) is 0 Å². The number of hydrogen-bond acceptors (Lipinski definition) is 4. The molecule has 2 heterocycles. The van der Waals surface area contributed by atoms with Gasteiger partial charge in [0.2, 0.25) is 5.89 Å². The number of aromatic amines is 1. The van der Waals surface area contributed by atoms with Crippen molar-refractivity contribution in [1.29, 1.82) is 0 Å². The van der Waals surface area contributed by atoms with Crippen LogP contribution < -0.4 is 10.6 Å². The van der Waals surface area contributed by atoms with Crippen molar-refractivity contribution in [2.45, 2.75) is 33.2 Å². The molecule has 7 nitrogen and oxygen atoms in total. The fourth-order valence-electron chi connectivity index (χ4n) is 2.62. The summed E-state index contributed by atoms with van der Waals surface area (Å²) in [6.07, 6.45) is 3.78. The number of nitrogens with one attached hydrogen (secondary N) is 3. The number of urea groups is 1. The molecule has 0 fully saturated rings. The van der Waals surface area contributed by atoms with E-state index in [9.17, 15) is 4.79 Å². The molecule has 0 aliphatic carbocycles. The summed E-state index contributed by atoms with van der Waals surface area (Å²) >= 11 is 0. The summed E-state index contributed by atoms with van der Waals surface area (Å²) in [6.45, 7) is 5.86. The number of hydrogen-bond donors (Lipinski definition) is 3. The normalized spacial score (nSPS) is 12.0. The van der Waals surface area contributed by atoms with Gasteiger partial charge in [-0.2, -0.15) is 5.10 Å². The van der Waals surface area contributed by atoms with Crippen molar-refractivity contribution < 1.29 is 9.21 Å². The van der Waals surface area contributed by atoms with Crippen LogP contribution in [0.4, 0.5) is 10.5 Å². The lowest BCUT2D eigenvalue weighted by atomic mass is 10.1. The number of aromatic nitrogens is 3. The molecule has 0 aliphatic rings. The Hall–Kier alpha value is -3.09. The lowest BCUT2D eigenvalue weighted by Crippen LogP contribution is -2.37. The van der Waals surface area contributed by atoms with Crippen molar-refractivity contribution in [3.63, 3.8) is 0 Å². The van der Waals surface area contributed by atoms with Crippen LogP contribution in [0.3, 0.4) is 0 Å². The first kappa shape index (κ1) is 16.8. The second kappa shape index (κ2) is 7.21. The second-order valence-corrected chi connectivity index (χ2v) is 6.11. The molecule has 3 N–H and O–H groups in total. The van der Waals surface area contributed by atoms with Gasteiger partial charge in [0.25, 0.3) is 0 Å². The molecule has 1 atom stereocenters. The molecule has 2 amide bonds. The number of amides is 2. The lowest BCUT2D eigenvalue weighted by Gasteiger charge is -2.14. The molecule has 1 aromatic carbocycles. The average molecular weight is 339 g/mol. The van der Waals surface area contributed by atoms with E-state index in [-0.39, 0.29) is 12.1 Å². The van der Waals surface area contributed by atoms with Crippen LogP contribution in [0.15, 0.2) is 41.1 Å². The van der Waals surface area contributed by atoms with Crippen molar-refractivity contribution in [3.05, 3.63) is 53.7 Å². The van der Waals surface area contributed by atoms with E-state index in [2.05, 4.69) is 25.8 Å². The van der Waals surface area contributed by atoms with Crippen molar-refractivity contribution in [2.24, 2.45) is 0 Å². The van der Waals surface area contributed by atoms with Gasteiger partial charge >= 0.3 is 6.03 Å². The third-order valence-electron chi connectivity index (χ3n) is 3.81. The zero-order valence-electron chi connectivity index (χ0n) is 14.5. The summed E-state index contributed by atoms with van der Waals surface area (Å²) in [5.74, 6) is 0.531. The van der Waals surface area contributed by atoms with Crippen LogP contribution in [-0.2, 0) is 6.42 Å². The monoisotopic (exact) mass is 339 g/mol. The highest BCUT2D eigenvalue weighted by molar-refractivity contribution is 5.90. The van der Waals surface area contributed by atoms with E-state index in [4.69, 9.17) is 4.42 Å². The van der Waals surface area contributed by atoms with E-state index in [1.54, 1.807) is 6.20 Å². The number of rotatable bonds is 5. The molecule has 2 aromatic heterocycles. The molecule has 0 saturated heterocycles. The molecule has 25 heavy (non-hydrogen) atoms. The predicted octanol–water partition coefficient (Wildman–Crippen LogP) is 3.43. The lowest BCUT2D eigenvalue weighted by molar-refractivity contribution is 0.249. The summed E-state index contributed by atoms with van der Waals surface area (Å²) in [5, 5.41) is 12.8. The van der Waals surface area contributed by atoms with Gasteiger partial charge in [-0.3, -0.25) is 5.10 Å². The highest BCUT2D eigenvalue weighted by Gasteiger charge is 2.12. The zero-order chi connectivity index (χ0) is 17.8. The number of benzene rings is 1. The molecule has 7 heteroatoms. The second-order valence-electron chi connectivity index (χ2n) is 6.11.